The predicted octanol–water partition coefficient (Wildman–Crippen LogP) is 0.454. The predicted molar refractivity (Wildman–Crippen MR) is 70.0 cm³/mol. The average molecular weight is 250 g/mol. The van der Waals surface area contributed by atoms with Crippen molar-refractivity contribution in [2.45, 2.75) is 26.8 Å². The van der Waals surface area contributed by atoms with E-state index in [9.17, 15) is 4.79 Å². The Labute approximate surface area is 108 Å². The van der Waals surface area contributed by atoms with E-state index in [-0.39, 0.29) is 11.8 Å². The van der Waals surface area contributed by atoms with Crippen LogP contribution in [0, 0.1) is 11.8 Å². The molecule has 1 aromatic rings. The average Bonchev–Trinajstić information content (AvgIpc) is 2.64. The van der Waals surface area contributed by atoms with Crippen molar-refractivity contribution < 1.29 is 4.79 Å². The SMILES string of the molecule is CCc1nn(C)cc1CNC(=O)C(C)C1CNC1. The Morgan fingerprint density at radius 2 is 2.39 bits per heavy atom. The Morgan fingerprint density at radius 1 is 1.67 bits per heavy atom. The number of aryl methyl sites for hydroxylation is 2. The maximum Gasteiger partial charge on any atom is 0.223 e. The van der Waals surface area contributed by atoms with Crippen LogP contribution in [0.5, 0.6) is 0 Å². The maximum atomic E-state index is 12.0. The van der Waals surface area contributed by atoms with Gasteiger partial charge in [-0.25, -0.2) is 0 Å². The lowest BCUT2D eigenvalue weighted by Gasteiger charge is -2.31. The van der Waals surface area contributed by atoms with Gasteiger partial charge in [0.05, 0.1) is 5.69 Å². The number of rotatable bonds is 5. The Hall–Kier alpha value is -1.36. The first-order chi connectivity index (χ1) is 8.61. The first-order valence-electron chi connectivity index (χ1n) is 6.61. The molecule has 0 saturated carbocycles. The Kier molecular flexibility index (Phi) is 4.01. The molecule has 0 radical (unpaired) electrons. The number of hydrogen-bond acceptors (Lipinski definition) is 3. The zero-order valence-corrected chi connectivity index (χ0v) is 11.4. The van der Waals surface area contributed by atoms with Crippen LogP contribution in [0.3, 0.4) is 0 Å². The molecule has 1 amide bonds. The van der Waals surface area contributed by atoms with E-state index in [0.29, 0.717) is 12.5 Å². The summed E-state index contributed by atoms with van der Waals surface area (Å²) in [5, 5.41) is 10.6. The van der Waals surface area contributed by atoms with Gasteiger partial charge in [-0.05, 0) is 25.4 Å². The molecule has 0 aliphatic carbocycles. The van der Waals surface area contributed by atoms with Gasteiger partial charge in [0.2, 0.25) is 5.91 Å². The molecule has 2 N–H and O–H groups in total. The number of aromatic nitrogens is 2. The molecule has 1 aliphatic rings. The Balaban J connectivity index is 1.88. The number of nitrogens with one attached hydrogen (secondary N) is 2. The van der Waals surface area contributed by atoms with E-state index in [0.717, 1.165) is 30.8 Å². The summed E-state index contributed by atoms with van der Waals surface area (Å²) >= 11 is 0. The molecule has 1 atom stereocenters. The molecule has 18 heavy (non-hydrogen) atoms. The summed E-state index contributed by atoms with van der Waals surface area (Å²) in [4.78, 5) is 12.0. The zero-order chi connectivity index (χ0) is 13.1. The van der Waals surface area contributed by atoms with Crippen molar-refractivity contribution in [3.8, 4) is 0 Å². The van der Waals surface area contributed by atoms with Gasteiger partial charge in [0.15, 0.2) is 0 Å². The minimum Gasteiger partial charge on any atom is -0.352 e. The summed E-state index contributed by atoms with van der Waals surface area (Å²) in [5.41, 5.74) is 2.18. The summed E-state index contributed by atoms with van der Waals surface area (Å²) < 4.78 is 1.81. The van der Waals surface area contributed by atoms with E-state index in [4.69, 9.17) is 0 Å². The molecule has 0 spiro atoms. The first kappa shape index (κ1) is 13.1. The number of carbonyl (C=O) groups is 1. The summed E-state index contributed by atoms with van der Waals surface area (Å²) in [5.74, 6) is 0.727. The van der Waals surface area contributed by atoms with Gasteiger partial charge in [-0.1, -0.05) is 13.8 Å². The topological polar surface area (TPSA) is 59.0 Å². The summed E-state index contributed by atoms with van der Waals surface area (Å²) in [6.45, 7) is 6.59. The van der Waals surface area contributed by atoms with E-state index in [2.05, 4.69) is 22.7 Å². The molecule has 1 aliphatic heterocycles. The van der Waals surface area contributed by atoms with Crippen LogP contribution in [0.25, 0.3) is 0 Å². The van der Waals surface area contributed by atoms with Gasteiger partial charge in [0.1, 0.15) is 0 Å². The zero-order valence-electron chi connectivity index (χ0n) is 11.4. The van der Waals surface area contributed by atoms with Gasteiger partial charge >= 0.3 is 0 Å². The van der Waals surface area contributed by atoms with Crippen molar-refractivity contribution in [2.24, 2.45) is 18.9 Å². The number of amides is 1. The molecule has 5 heteroatoms. The lowest BCUT2D eigenvalue weighted by Crippen LogP contribution is -2.49. The summed E-state index contributed by atoms with van der Waals surface area (Å²) in [6, 6.07) is 0. The maximum absolute atomic E-state index is 12.0. The van der Waals surface area contributed by atoms with Crippen LogP contribution in [0.15, 0.2) is 6.20 Å². The highest BCUT2D eigenvalue weighted by atomic mass is 16.1. The van der Waals surface area contributed by atoms with Crippen LogP contribution in [-0.2, 0) is 24.8 Å². The number of nitrogens with zero attached hydrogens (tertiary/aromatic N) is 2. The highest BCUT2D eigenvalue weighted by Crippen LogP contribution is 2.16. The highest BCUT2D eigenvalue weighted by Gasteiger charge is 2.28. The second-order valence-corrected chi connectivity index (χ2v) is 5.05. The van der Waals surface area contributed by atoms with Crippen LogP contribution in [0.2, 0.25) is 0 Å². The highest BCUT2D eigenvalue weighted by molar-refractivity contribution is 5.78. The molecular formula is C13H22N4O. The van der Waals surface area contributed by atoms with Gasteiger partial charge < -0.3 is 10.6 Å². The van der Waals surface area contributed by atoms with E-state index in [1.807, 2.05) is 20.2 Å². The third kappa shape index (κ3) is 2.72. The van der Waals surface area contributed by atoms with Crippen molar-refractivity contribution in [2.75, 3.05) is 13.1 Å². The van der Waals surface area contributed by atoms with Crippen molar-refractivity contribution in [3.05, 3.63) is 17.5 Å². The van der Waals surface area contributed by atoms with Crippen molar-refractivity contribution in [1.82, 2.24) is 20.4 Å². The molecule has 2 heterocycles. The lowest BCUT2D eigenvalue weighted by molar-refractivity contribution is -0.126. The van der Waals surface area contributed by atoms with E-state index in [1.165, 1.54) is 0 Å². The van der Waals surface area contributed by atoms with Crippen LogP contribution < -0.4 is 10.6 Å². The lowest BCUT2D eigenvalue weighted by atomic mass is 9.88. The molecule has 0 bridgehead atoms. The smallest absolute Gasteiger partial charge is 0.223 e. The van der Waals surface area contributed by atoms with Gasteiger partial charge in [-0.2, -0.15) is 5.10 Å². The minimum atomic E-state index is 0.0907. The molecule has 1 fully saturated rings. The van der Waals surface area contributed by atoms with Crippen LogP contribution >= 0.6 is 0 Å². The normalized spacial score (nSPS) is 17.3. The fourth-order valence-corrected chi connectivity index (χ4v) is 2.25. The van der Waals surface area contributed by atoms with E-state index >= 15 is 0 Å². The molecule has 2 rings (SSSR count). The second-order valence-electron chi connectivity index (χ2n) is 5.05. The molecule has 1 aromatic heterocycles. The van der Waals surface area contributed by atoms with Gasteiger partial charge in [-0.15, -0.1) is 0 Å². The van der Waals surface area contributed by atoms with Crippen molar-refractivity contribution in [3.63, 3.8) is 0 Å². The van der Waals surface area contributed by atoms with E-state index < -0.39 is 0 Å². The molecular weight excluding hydrogens is 228 g/mol. The summed E-state index contributed by atoms with van der Waals surface area (Å²) in [6.07, 6.45) is 2.88. The minimum absolute atomic E-state index is 0.0907. The molecule has 0 aromatic carbocycles. The molecule has 1 saturated heterocycles. The molecule has 5 nitrogen and oxygen atoms in total. The third-order valence-corrected chi connectivity index (χ3v) is 3.71. The van der Waals surface area contributed by atoms with Crippen molar-refractivity contribution >= 4 is 5.91 Å². The van der Waals surface area contributed by atoms with Gasteiger partial charge in [-0.3, -0.25) is 9.48 Å². The van der Waals surface area contributed by atoms with Crippen molar-refractivity contribution in [1.29, 1.82) is 0 Å². The fourth-order valence-electron chi connectivity index (χ4n) is 2.25. The van der Waals surface area contributed by atoms with Gasteiger partial charge in [0.25, 0.3) is 0 Å². The van der Waals surface area contributed by atoms with Gasteiger partial charge in [0, 0.05) is 31.3 Å². The summed E-state index contributed by atoms with van der Waals surface area (Å²) in [7, 11) is 1.91. The Bertz CT molecular complexity index is 423. The van der Waals surface area contributed by atoms with E-state index in [1.54, 1.807) is 4.68 Å². The first-order valence-corrected chi connectivity index (χ1v) is 6.61. The van der Waals surface area contributed by atoms with Crippen LogP contribution in [0.4, 0.5) is 0 Å². The number of hydrogen-bond donors (Lipinski definition) is 2. The second kappa shape index (κ2) is 5.52. The molecule has 100 valence electrons. The standard InChI is InChI=1S/C13H22N4O/c1-4-12-11(8-17(3)16-12)7-15-13(18)9(2)10-5-14-6-10/h8-10,14H,4-7H2,1-3H3,(H,15,18). The molecule has 1 unspecified atom stereocenters. The quantitative estimate of drug-likeness (QED) is 0.798. The number of carbonyl (C=O) groups excluding carboxylic acids is 1. The fraction of sp³-hybridized carbons (Fsp3) is 0.692. The third-order valence-electron chi connectivity index (χ3n) is 3.71. The van der Waals surface area contributed by atoms with Crippen LogP contribution in [0.1, 0.15) is 25.1 Å². The Morgan fingerprint density at radius 3 is 2.94 bits per heavy atom. The monoisotopic (exact) mass is 250 g/mol. The van der Waals surface area contributed by atoms with Crippen LogP contribution in [-0.4, -0.2) is 28.8 Å². The largest absolute Gasteiger partial charge is 0.352 e.